The van der Waals surface area contributed by atoms with Crippen molar-refractivity contribution in [2.75, 3.05) is 24.7 Å². The molecule has 0 aliphatic rings. The van der Waals surface area contributed by atoms with Gasteiger partial charge in [-0.25, -0.2) is 18.4 Å². The molecule has 108 valence electrons. The number of anilines is 1. The zero-order valence-electron chi connectivity index (χ0n) is 11.4. The minimum absolute atomic E-state index is 0.0740. The molecule has 1 atom stereocenters. The average molecular weight is 295 g/mol. The smallest absolute Gasteiger partial charge is 0.175 e. The number of benzene rings is 1. The quantitative estimate of drug-likeness (QED) is 0.857. The molecule has 0 radical (unpaired) electrons. The molecular formula is C13H17N3O3S. The molecule has 1 aromatic heterocycles. The lowest BCUT2D eigenvalue weighted by Gasteiger charge is -2.12. The molecule has 0 amide bonds. The van der Waals surface area contributed by atoms with E-state index in [-0.39, 0.29) is 17.4 Å². The number of nitrogens with zero attached hydrogens (tertiary/aromatic N) is 2. The van der Waals surface area contributed by atoms with Crippen molar-refractivity contribution in [2.45, 2.75) is 11.8 Å². The normalized spacial score (nSPS) is 13.3. The molecule has 2 rings (SSSR count). The van der Waals surface area contributed by atoms with E-state index in [2.05, 4.69) is 15.3 Å². The molecule has 0 aliphatic carbocycles. The maximum atomic E-state index is 11.6. The van der Waals surface area contributed by atoms with Gasteiger partial charge in [0.15, 0.2) is 9.84 Å². The van der Waals surface area contributed by atoms with Gasteiger partial charge in [0.25, 0.3) is 0 Å². The van der Waals surface area contributed by atoms with E-state index in [1.807, 2.05) is 6.92 Å². The van der Waals surface area contributed by atoms with Gasteiger partial charge in [0.1, 0.15) is 12.1 Å². The van der Waals surface area contributed by atoms with Crippen molar-refractivity contribution in [2.24, 2.45) is 5.92 Å². The molecule has 0 saturated carbocycles. The fourth-order valence-corrected chi connectivity index (χ4v) is 2.39. The van der Waals surface area contributed by atoms with Gasteiger partial charge in [0, 0.05) is 24.8 Å². The van der Waals surface area contributed by atoms with Crippen molar-refractivity contribution < 1.29 is 13.5 Å². The van der Waals surface area contributed by atoms with Gasteiger partial charge in [-0.3, -0.25) is 0 Å². The van der Waals surface area contributed by atoms with Gasteiger partial charge in [0.05, 0.1) is 10.4 Å². The Morgan fingerprint density at radius 3 is 2.75 bits per heavy atom. The third-order valence-corrected chi connectivity index (χ3v) is 4.07. The van der Waals surface area contributed by atoms with Crippen molar-refractivity contribution in [3.05, 3.63) is 24.5 Å². The van der Waals surface area contributed by atoms with Crippen molar-refractivity contribution >= 4 is 26.6 Å². The first-order chi connectivity index (χ1) is 9.41. The third-order valence-electron chi connectivity index (χ3n) is 2.96. The number of fused-ring (bicyclic) bond motifs is 1. The van der Waals surface area contributed by atoms with Crippen LogP contribution < -0.4 is 5.32 Å². The SMILES string of the molecule is CC(CO)CNc1ncnc2ccc(S(C)(=O)=O)cc12. The minimum Gasteiger partial charge on any atom is -0.396 e. The second-order valence-corrected chi connectivity index (χ2v) is 6.86. The van der Waals surface area contributed by atoms with Gasteiger partial charge in [-0.15, -0.1) is 0 Å². The maximum absolute atomic E-state index is 11.6. The highest BCUT2D eigenvalue weighted by Crippen LogP contribution is 2.23. The molecule has 0 bridgehead atoms. The van der Waals surface area contributed by atoms with E-state index in [1.54, 1.807) is 12.1 Å². The summed E-state index contributed by atoms with van der Waals surface area (Å²) in [5.41, 5.74) is 0.673. The second-order valence-electron chi connectivity index (χ2n) is 4.84. The molecule has 0 aliphatic heterocycles. The average Bonchev–Trinajstić information content (AvgIpc) is 2.43. The second kappa shape index (κ2) is 5.72. The Bertz CT molecular complexity index is 716. The Morgan fingerprint density at radius 2 is 2.10 bits per heavy atom. The van der Waals surface area contributed by atoms with Crippen LogP contribution in [0.25, 0.3) is 10.9 Å². The van der Waals surface area contributed by atoms with Gasteiger partial charge >= 0.3 is 0 Å². The van der Waals surface area contributed by atoms with Crippen LogP contribution in [0.4, 0.5) is 5.82 Å². The highest BCUT2D eigenvalue weighted by molar-refractivity contribution is 7.90. The molecule has 6 nitrogen and oxygen atoms in total. The first-order valence-electron chi connectivity index (χ1n) is 6.21. The van der Waals surface area contributed by atoms with Crippen LogP contribution in [0.1, 0.15) is 6.92 Å². The zero-order valence-corrected chi connectivity index (χ0v) is 12.2. The summed E-state index contributed by atoms with van der Waals surface area (Å²) in [6.45, 7) is 2.52. The number of aliphatic hydroxyl groups is 1. The Balaban J connectivity index is 2.44. The van der Waals surface area contributed by atoms with E-state index < -0.39 is 9.84 Å². The summed E-state index contributed by atoms with van der Waals surface area (Å²) in [4.78, 5) is 8.49. The number of aromatic nitrogens is 2. The lowest BCUT2D eigenvalue weighted by atomic mass is 10.2. The van der Waals surface area contributed by atoms with Gasteiger partial charge in [0.2, 0.25) is 0 Å². The van der Waals surface area contributed by atoms with Crippen LogP contribution in [0, 0.1) is 5.92 Å². The monoisotopic (exact) mass is 295 g/mol. The standard InChI is InChI=1S/C13H17N3O3S/c1-9(7-17)6-14-13-11-5-10(20(2,18)19)3-4-12(11)15-8-16-13/h3-5,8-9,17H,6-7H2,1-2H3,(H,14,15,16). The number of aliphatic hydroxyl groups excluding tert-OH is 1. The maximum Gasteiger partial charge on any atom is 0.175 e. The Kier molecular flexibility index (Phi) is 4.20. The van der Waals surface area contributed by atoms with E-state index in [0.717, 1.165) is 0 Å². The van der Waals surface area contributed by atoms with E-state index in [0.29, 0.717) is 23.3 Å². The molecule has 0 saturated heterocycles. The van der Waals surface area contributed by atoms with Crippen molar-refractivity contribution in [3.63, 3.8) is 0 Å². The number of sulfone groups is 1. The van der Waals surface area contributed by atoms with Crippen molar-refractivity contribution in [3.8, 4) is 0 Å². The van der Waals surface area contributed by atoms with Gasteiger partial charge < -0.3 is 10.4 Å². The van der Waals surface area contributed by atoms with Crippen LogP contribution >= 0.6 is 0 Å². The van der Waals surface area contributed by atoms with Gasteiger partial charge in [-0.05, 0) is 24.1 Å². The van der Waals surface area contributed by atoms with E-state index in [1.165, 1.54) is 18.6 Å². The summed E-state index contributed by atoms with van der Waals surface area (Å²) in [6.07, 6.45) is 2.59. The zero-order chi connectivity index (χ0) is 14.8. The predicted molar refractivity (Wildman–Crippen MR) is 77.4 cm³/mol. The van der Waals surface area contributed by atoms with Crippen LogP contribution in [0.3, 0.4) is 0 Å². The predicted octanol–water partition coefficient (Wildman–Crippen LogP) is 1.07. The van der Waals surface area contributed by atoms with Gasteiger partial charge in [-0.1, -0.05) is 6.92 Å². The number of rotatable bonds is 5. The Hall–Kier alpha value is -1.73. The molecule has 0 spiro atoms. The summed E-state index contributed by atoms with van der Waals surface area (Å²) in [6, 6.07) is 4.76. The summed E-state index contributed by atoms with van der Waals surface area (Å²) >= 11 is 0. The molecule has 20 heavy (non-hydrogen) atoms. The molecule has 7 heteroatoms. The summed E-state index contributed by atoms with van der Waals surface area (Å²) in [5.74, 6) is 0.652. The van der Waals surface area contributed by atoms with Crippen LogP contribution in [0.2, 0.25) is 0 Å². The van der Waals surface area contributed by atoms with E-state index in [9.17, 15) is 8.42 Å². The van der Waals surface area contributed by atoms with Crippen LogP contribution in [0.5, 0.6) is 0 Å². The van der Waals surface area contributed by atoms with Crippen molar-refractivity contribution in [1.29, 1.82) is 0 Å². The molecule has 2 N–H and O–H groups in total. The molecule has 1 aromatic carbocycles. The lowest BCUT2D eigenvalue weighted by molar-refractivity contribution is 0.244. The molecular weight excluding hydrogens is 278 g/mol. The fraction of sp³-hybridized carbons (Fsp3) is 0.385. The largest absolute Gasteiger partial charge is 0.396 e. The first kappa shape index (κ1) is 14.7. The number of hydrogen-bond donors (Lipinski definition) is 2. The number of nitrogens with one attached hydrogen (secondary N) is 1. The Labute approximate surface area is 117 Å². The van der Waals surface area contributed by atoms with Crippen LogP contribution in [-0.4, -0.2) is 42.9 Å². The summed E-state index contributed by atoms with van der Waals surface area (Å²) < 4.78 is 23.2. The molecule has 1 heterocycles. The molecule has 2 aromatic rings. The van der Waals surface area contributed by atoms with Crippen LogP contribution in [-0.2, 0) is 9.84 Å². The third kappa shape index (κ3) is 3.23. The minimum atomic E-state index is -3.27. The molecule has 1 unspecified atom stereocenters. The van der Waals surface area contributed by atoms with Gasteiger partial charge in [-0.2, -0.15) is 0 Å². The molecule has 0 fully saturated rings. The summed E-state index contributed by atoms with van der Waals surface area (Å²) in [5, 5.41) is 12.8. The first-order valence-corrected chi connectivity index (χ1v) is 8.10. The van der Waals surface area contributed by atoms with Crippen molar-refractivity contribution in [1.82, 2.24) is 9.97 Å². The van der Waals surface area contributed by atoms with E-state index >= 15 is 0 Å². The fourth-order valence-electron chi connectivity index (χ4n) is 1.74. The summed E-state index contributed by atoms with van der Waals surface area (Å²) in [7, 11) is -3.27. The lowest BCUT2D eigenvalue weighted by Crippen LogP contribution is -2.15. The highest BCUT2D eigenvalue weighted by Gasteiger charge is 2.11. The number of hydrogen-bond acceptors (Lipinski definition) is 6. The van der Waals surface area contributed by atoms with E-state index in [4.69, 9.17) is 5.11 Å². The highest BCUT2D eigenvalue weighted by atomic mass is 32.2. The topological polar surface area (TPSA) is 92.2 Å². The Morgan fingerprint density at radius 1 is 1.35 bits per heavy atom. The van der Waals surface area contributed by atoms with Crippen LogP contribution in [0.15, 0.2) is 29.4 Å².